The van der Waals surface area contributed by atoms with E-state index in [1.807, 2.05) is 24.3 Å². The molecule has 5 nitrogen and oxygen atoms in total. The molecule has 0 fully saturated rings. The topological polar surface area (TPSA) is 55.4 Å². The fourth-order valence-corrected chi connectivity index (χ4v) is 2.07. The van der Waals surface area contributed by atoms with E-state index in [0.29, 0.717) is 22.4 Å². The Hall–Kier alpha value is -1.86. The number of methoxy groups -OCH3 is 2. The Bertz CT molecular complexity index is 635. The minimum atomic E-state index is 0.424. The van der Waals surface area contributed by atoms with Crippen molar-refractivity contribution >= 4 is 44.8 Å². The second-order valence-corrected chi connectivity index (χ2v) is 5.33. The van der Waals surface area contributed by atoms with Gasteiger partial charge in [0.2, 0.25) is 0 Å². The van der Waals surface area contributed by atoms with Crippen LogP contribution in [0.15, 0.2) is 41.0 Å². The molecule has 0 atom stereocenters. The highest BCUT2D eigenvalue weighted by Gasteiger charge is 2.07. The Labute approximate surface area is 136 Å². The zero-order valence-corrected chi connectivity index (χ0v) is 13.9. The number of benzene rings is 1. The zero-order chi connectivity index (χ0) is 15.2. The van der Waals surface area contributed by atoms with E-state index in [1.165, 1.54) is 0 Å². The number of hydrogen-bond acceptors (Lipinski definition) is 4. The lowest BCUT2D eigenvalue weighted by molar-refractivity contribution is 0.395. The van der Waals surface area contributed by atoms with Gasteiger partial charge < -0.3 is 20.1 Å². The first-order chi connectivity index (χ1) is 10.1. The van der Waals surface area contributed by atoms with Gasteiger partial charge in [0.15, 0.2) is 5.11 Å². The summed E-state index contributed by atoms with van der Waals surface area (Å²) in [5.41, 5.74) is 0.743. The molecule has 1 heterocycles. The fourth-order valence-electron chi connectivity index (χ4n) is 1.62. The summed E-state index contributed by atoms with van der Waals surface area (Å²) in [5.74, 6) is 2.01. The van der Waals surface area contributed by atoms with Crippen LogP contribution in [0.25, 0.3) is 0 Å². The van der Waals surface area contributed by atoms with Gasteiger partial charge in [-0.3, -0.25) is 0 Å². The summed E-state index contributed by atoms with van der Waals surface area (Å²) in [6, 6.07) is 9.14. The highest BCUT2D eigenvalue weighted by molar-refractivity contribution is 9.10. The van der Waals surface area contributed by atoms with Crippen LogP contribution in [0.1, 0.15) is 0 Å². The van der Waals surface area contributed by atoms with Gasteiger partial charge in [-0.05, 0) is 52.4 Å². The monoisotopic (exact) mass is 367 g/mol. The lowest BCUT2D eigenvalue weighted by Crippen LogP contribution is -2.20. The predicted octanol–water partition coefficient (Wildman–Crippen LogP) is 3.67. The number of nitrogens with zero attached hydrogens (tertiary/aromatic N) is 1. The highest BCUT2D eigenvalue weighted by atomic mass is 79.9. The summed E-state index contributed by atoms with van der Waals surface area (Å²) >= 11 is 8.59. The van der Waals surface area contributed by atoms with Crippen molar-refractivity contribution in [2.24, 2.45) is 0 Å². The maximum absolute atomic E-state index is 5.30. The lowest BCUT2D eigenvalue weighted by Gasteiger charge is -2.14. The molecular weight excluding hydrogens is 354 g/mol. The first kappa shape index (κ1) is 15.5. The quantitative estimate of drug-likeness (QED) is 0.804. The second kappa shape index (κ2) is 7.24. The molecule has 0 aliphatic rings. The van der Waals surface area contributed by atoms with Gasteiger partial charge in [-0.25, -0.2) is 4.98 Å². The van der Waals surface area contributed by atoms with Crippen LogP contribution in [0.4, 0.5) is 11.5 Å². The number of ether oxygens (including phenoxy) is 2. The van der Waals surface area contributed by atoms with Gasteiger partial charge in [0, 0.05) is 16.7 Å². The number of anilines is 2. The van der Waals surface area contributed by atoms with Crippen molar-refractivity contribution in [2.75, 3.05) is 24.9 Å². The third-order valence-electron chi connectivity index (χ3n) is 2.63. The molecule has 0 radical (unpaired) electrons. The van der Waals surface area contributed by atoms with Gasteiger partial charge in [0.05, 0.1) is 19.9 Å². The van der Waals surface area contributed by atoms with Crippen molar-refractivity contribution in [1.82, 2.24) is 4.98 Å². The normalized spacial score (nSPS) is 9.86. The van der Waals surface area contributed by atoms with Crippen molar-refractivity contribution in [3.8, 4) is 11.5 Å². The van der Waals surface area contributed by atoms with E-state index in [2.05, 4.69) is 31.5 Å². The summed E-state index contributed by atoms with van der Waals surface area (Å²) < 4.78 is 11.4. The first-order valence-corrected chi connectivity index (χ1v) is 7.24. The average molecular weight is 368 g/mol. The number of thiocarbonyl (C=S) groups is 1. The molecular formula is C14H14BrN3O2S. The number of aromatic nitrogens is 1. The van der Waals surface area contributed by atoms with Crippen LogP contribution in [0.3, 0.4) is 0 Å². The molecule has 0 aliphatic heterocycles. The van der Waals surface area contributed by atoms with Gasteiger partial charge in [-0.15, -0.1) is 0 Å². The Morgan fingerprint density at radius 2 is 1.95 bits per heavy atom. The molecule has 0 saturated carbocycles. The Morgan fingerprint density at radius 1 is 1.14 bits per heavy atom. The van der Waals surface area contributed by atoms with Crippen molar-refractivity contribution in [3.63, 3.8) is 0 Å². The van der Waals surface area contributed by atoms with Gasteiger partial charge in [0.25, 0.3) is 0 Å². The summed E-state index contributed by atoms with van der Waals surface area (Å²) in [6.07, 6.45) is 1.69. The third kappa shape index (κ3) is 4.30. The molecule has 0 aliphatic carbocycles. The van der Waals surface area contributed by atoms with Crippen molar-refractivity contribution in [1.29, 1.82) is 0 Å². The maximum atomic E-state index is 5.30. The maximum Gasteiger partial charge on any atom is 0.176 e. The summed E-state index contributed by atoms with van der Waals surface area (Å²) in [5, 5.41) is 6.49. The summed E-state index contributed by atoms with van der Waals surface area (Å²) in [4.78, 5) is 4.19. The zero-order valence-electron chi connectivity index (χ0n) is 11.5. The van der Waals surface area contributed by atoms with E-state index < -0.39 is 0 Å². The lowest BCUT2D eigenvalue weighted by atomic mass is 10.2. The largest absolute Gasteiger partial charge is 0.497 e. The SMILES string of the molecule is COc1ccc(NC(=S)Nc2ccc(Br)cn2)c(OC)c1. The minimum Gasteiger partial charge on any atom is -0.497 e. The molecule has 1 aromatic carbocycles. The van der Waals surface area contributed by atoms with Crippen LogP contribution in [0, 0.1) is 0 Å². The van der Waals surface area contributed by atoms with Crippen LogP contribution in [-0.4, -0.2) is 24.3 Å². The molecule has 0 bridgehead atoms. The van der Waals surface area contributed by atoms with E-state index in [9.17, 15) is 0 Å². The average Bonchev–Trinajstić information content (AvgIpc) is 2.50. The number of nitrogens with one attached hydrogen (secondary N) is 2. The molecule has 2 aromatic rings. The second-order valence-electron chi connectivity index (χ2n) is 4.01. The Morgan fingerprint density at radius 3 is 2.57 bits per heavy atom. The van der Waals surface area contributed by atoms with Gasteiger partial charge in [0.1, 0.15) is 17.3 Å². The number of hydrogen-bond donors (Lipinski definition) is 2. The number of halogens is 1. The fraction of sp³-hybridized carbons (Fsp3) is 0.143. The molecule has 0 spiro atoms. The van der Waals surface area contributed by atoms with E-state index in [1.54, 1.807) is 26.5 Å². The van der Waals surface area contributed by atoms with E-state index in [4.69, 9.17) is 21.7 Å². The van der Waals surface area contributed by atoms with Crippen molar-refractivity contribution in [3.05, 3.63) is 41.0 Å². The minimum absolute atomic E-state index is 0.424. The number of rotatable bonds is 4. The molecule has 0 saturated heterocycles. The molecule has 21 heavy (non-hydrogen) atoms. The Balaban J connectivity index is 2.07. The van der Waals surface area contributed by atoms with Crippen molar-refractivity contribution < 1.29 is 9.47 Å². The molecule has 110 valence electrons. The third-order valence-corrected chi connectivity index (χ3v) is 3.30. The molecule has 0 unspecified atom stereocenters. The standard InChI is InChI=1S/C14H14BrN3O2S/c1-19-10-4-5-11(12(7-10)20-2)17-14(21)18-13-6-3-9(15)8-16-13/h3-8H,1-2H3,(H2,16,17,18,21). The van der Waals surface area contributed by atoms with Crippen LogP contribution in [0.5, 0.6) is 11.5 Å². The van der Waals surface area contributed by atoms with Crippen LogP contribution in [-0.2, 0) is 0 Å². The van der Waals surface area contributed by atoms with E-state index in [0.717, 1.165) is 10.2 Å². The van der Waals surface area contributed by atoms with Crippen molar-refractivity contribution in [2.45, 2.75) is 0 Å². The first-order valence-electron chi connectivity index (χ1n) is 6.04. The van der Waals surface area contributed by atoms with Crippen LogP contribution in [0.2, 0.25) is 0 Å². The number of pyridine rings is 1. The molecule has 2 rings (SSSR count). The Kier molecular flexibility index (Phi) is 5.35. The van der Waals surface area contributed by atoms with Crippen LogP contribution < -0.4 is 20.1 Å². The van der Waals surface area contributed by atoms with E-state index in [-0.39, 0.29) is 0 Å². The predicted molar refractivity (Wildman–Crippen MR) is 91.3 cm³/mol. The summed E-state index contributed by atoms with van der Waals surface area (Å²) in [7, 11) is 3.19. The highest BCUT2D eigenvalue weighted by Crippen LogP contribution is 2.29. The molecule has 0 amide bonds. The smallest absolute Gasteiger partial charge is 0.176 e. The molecule has 2 N–H and O–H groups in total. The molecule has 7 heteroatoms. The van der Waals surface area contributed by atoms with Gasteiger partial charge in [-0.2, -0.15) is 0 Å². The van der Waals surface area contributed by atoms with Gasteiger partial charge in [-0.1, -0.05) is 0 Å². The van der Waals surface area contributed by atoms with Crippen LogP contribution >= 0.6 is 28.1 Å². The molecule has 1 aromatic heterocycles. The van der Waals surface area contributed by atoms with E-state index >= 15 is 0 Å². The van der Waals surface area contributed by atoms with Gasteiger partial charge >= 0.3 is 0 Å². The summed E-state index contributed by atoms with van der Waals surface area (Å²) in [6.45, 7) is 0.